The summed E-state index contributed by atoms with van der Waals surface area (Å²) in [4.78, 5) is 23.6. The van der Waals surface area contributed by atoms with Gasteiger partial charge in [0.25, 0.3) is 3.79 Å². The third-order valence-electron chi connectivity index (χ3n) is 2.76. The maximum Gasteiger partial charge on any atom is 0.354 e. The summed E-state index contributed by atoms with van der Waals surface area (Å²) in [5, 5.41) is 0. The van der Waals surface area contributed by atoms with Crippen molar-refractivity contribution in [3.8, 4) is 0 Å². The van der Waals surface area contributed by atoms with Gasteiger partial charge in [-0.2, -0.15) is 0 Å². The van der Waals surface area contributed by atoms with Crippen LogP contribution in [0.25, 0.3) is 0 Å². The van der Waals surface area contributed by atoms with Crippen molar-refractivity contribution in [1.29, 1.82) is 0 Å². The Bertz CT molecular complexity index is 503. The van der Waals surface area contributed by atoms with Gasteiger partial charge < -0.3 is 9.30 Å². The number of ketones is 1. The molecule has 0 aliphatic rings. The molecule has 0 fully saturated rings. The van der Waals surface area contributed by atoms with Crippen molar-refractivity contribution in [3.63, 3.8) is 0 Å². The van der Waals surface area contributed by atoms with Crippen molar-refractivity contribution >= 4 is 46.6 Å². The van der Waals surface area contributed by atoms with Crippen molar-refractivity contribution in [1.82, 2.24) is 4.57 Å². The molecule has 112 valence electrons. The average Bonchev–Trinajstić information content (AvgIpc) is 2.77. The van der Waals surface area contributed by atoms with E-state index >= 15 is 0 Å². The van der Waals surface area contributed by atoms with Gasteiger partial charge in [-0.15, -0.1) is 0 Å². The first-order chi connectivity index (χ1) is 9.16. The predicted molar refractivity (Wildman–Crippen MR) is 79.8 cm³/mol. The molecule has 0 spiro atoms. The molecular formula is C13H16Cl3NO3. The van der Waals surface area contributed by atoms with Gasteiger partial charge in [-0.3, -0.25) is 4.79 Å². The number of halogens is 3. The van der Waals surface area contributed by atoms with Gasteiger partial charge in [0.2, 0.25) is 5.78 Å². The summed E-state index contributed by atoms with van der Waals surface area (Å²) in [6.07, 6.45) is 2.36. The summed E-state index contributed by atoms with van der Waals surface area (Å²) in [6.45, 7) is 4.71. The highest BCUT2D eigenvalue weighted by atomic mass is 35.6. The number of esters is 1. The van der Waals surface area contributed by atoms with Crippen LogP contribution in [-0.4, -0.2) is 27.2 Å². The number of hydrogen-bond donors (Lipinski definition) is 0. The summed E-state index contributed by atoms with van der Waals surface area (Å²) >= 11 is 16.7. The van der Waals surface area contributed by atoms with E-state index in [0.29, 0.717) is 12.5 Å². The molecule has 1 rings (SSSR count). The van der Waals surface area contributed by atoms with E-state index in [1.807, 2.05) is 0 Å². The van der Waals surface area contributed by atoms with Gasteiger partial charge in [-0.05, 0) is 18.4 Å². The van der Waals surface area contributed by atoms with Crippen LogP contribution in [0.3, 0.4) is 0 Å². The Balaban J connectivity index is 3.12. The van der Waals surface area contributed by atoms with Crippen molar-refractivity contribution in [3.05, 3.63) is 23.5 Å². The maximum absolute atomic E-state index is 11.9. The quantitative estimate of drug-likeness (QED) is 0.464. The number of rotatable bonds is 5. The minimum absolute atomic E-state index is 0.175. The number of hydrogen-bond acceptors (Lipinski definition) is 3. The number of Topliss-reactive ketones (excluding diaryl/α,β-unsaturated/α-hetero) is 1. The molecule has 0 atom stereocenters. The van der Waals surface area contributed by atoms with Crippen LogP contribution in [-0.2, 0) is 11.3 Å². The highest BCUT2D eigenvalue weighted by molar-refractivity contribution is 6.77. The van der Waals surface area contributed by atoms with Crippen LogP contribution in [0, 0.1) is 5.92 Å². The number of carbonyl (C=O) groups excluding carboxylic acids is 2. The highest BCUT2D eigenvalue weighted by Crippen LogP contribution is 2.31. The molecule has 0 N–H and O–H groups in total. The molecule has 0 saturated heterocycles. The summed E-state index contributed by atoms with van der Waals surface area (Å²) < 4.78 is 4.30. The van der Waals surface area contributed by atoms with Crippen molar-refractivity contribution in [2.45, 2.75) is 30.6 Å². The molecule has 1 aromatic heterocycles. The lowest BCUT2D eigenvalue weighted by Crippen LogP contribution is -2.18. The van der Waals surface area contributed by atoms with Gasteiger partial charge in [0.05, 0.1) is 7.11 Å². The predicted octanol–water partition coefficient (Wildman–Crippen LogP) is 3.87. The molecule has 0 saturated carbocycles. The van der Waals surface area contributed by atoms with Gasteiger partial charge >= 0.3 is 5.97 Å². The zero-order chi connectivity index (χ0) is 15.5. The zero-order valence-corrected chi connectivity index (χ0v) is 13.7. The molecule has 0 amide bonds. The zero-order valence-electron chi connectivity index (χ0n) is 11.5. The fraction of sp³-hybridized carbons (Fsp3) is 0.538. The molecule has 0 unspecified atom stereocenters. The normalized spacial score (nSPS) is 11.8. The Kier molecular flexibility index (Phi) is 5.92. The molecule has 4 nitrogen and oxygen atoms in total. The van der Waals surface area contributed by atoms with Crippen molar-refractivity contribution < 1.29 is 14.3 Å². The minimum atomic E-state index is -2.04. The molecule has 1 heterocycles. The van der Waals surface area contributed by atoms with Crippen LogP contribution in [0.1, 0.15) is 41.1 Å². The van der Waals surface area contributed by atoms with Gasteiger partial charge in [0, 0.05) is 18.3 Å². The van der Waals surface area contributed by atoms with Crippen LogP contribution in [0.15, 0.2) is 12.3 Å². The fourth-order valence-corrected chi connectivity index (χ4v) is 1.98. The minimum Gasteiger partial charge on any atom is -0.464 e. The van der Waals surface area contributed by atoms with Gasteiger partial charge in [-0.1, -0.05) is 48.7 Å². The van der Waals surface area contributed by atoms with E-state index in [0.717, 1.165) is 6.42 Å². The molecule has 7 heteroatoms. The number of methoxy groups -OCH3 is 1. The Morgan fingerprint density at radius 1 is 1.35 bits per heavy atom. The first-order valence-corrected chi connectivity index (χ1v) is 7.20. The fourth-order valence-electron chi connectivity index (χ4n) is 1.66. The first-order valence-electron chi connectivity index (χ1n) is 6.06. The molecule has 0 radical (unpaired) electrons. The van der Waals surface area contributed by atoms with E-state index in [1.165, 1.54) is 19.4 Å². The van der Waals surface area contributed by atoms with Crippen LogP contribution < -0.4 is 0 Å². The number of carbonyl (C=O) groups is 2. The summed E-state index contributed by atoms with van der Waals surface area (Å²) in [6, 6.07) is 1.39. The number of aryl methyl sites for hydroxylation is 1. The molecular weight excluding hydrogens is 325 g/mol. The largest absolute Gasteiger partial charge is 0.464 e. The molecule has 0 aliphatic heterocycles. The number of aromatic nitrogens is 1. The van der Waals surface area contributed by atoms with Crippen LogP contribution in [0.2, 0.25) is 0 Å². The molecule has 0 aromatic carbocycles. The highest BCUT2D eigenvalue weighted by Gasteiger charge is 2.33. The lowest BCUT2D eigenvalue weighted by atomic mass is 10.1. The topological polar surface area (TPSA) is 48.3 Å². The van der Waals surface area contributed by atoms with E-state index in [-0.39, 0.29) is 11.3 Å². The summed E-state index contributed by atoms with van der Waals surface area (Å²) in [5.74, 6) is -0.747. The lowest BCUT2D eigenvalue weighted by molar-refractivity contribution is 0.0588. The molecule has 0 aliphatic carbocycles. The van der Waals surface area contributed by atoms with Gasteiger partial charge in [0.1, 0.15) is 5.69 Å². The molecule has 20 heavy (non-hydrogen) atoms. The number of nitrogens with zero attached hydrogens (tertiary/aromatic N) is 1. The second-order valence-electron chi connectivity index (χ2n) is 4.81. The van der Waals surface area contributed by atoms with E-state index in [4.69, 9.17) is 39.5 Å². The van der Waals surface area contributed by atoms with E-state index in [9.17, 15) is 9.59 Å². The smallest absolute Gasteiger partial charge is 0.354 e. The van der Waals surface area contributed by atoms with E-state index in [2.05, 4.69) is 13.8 Å². The summed E-state index contributed by atoms with van der Waals surface area (Å²) in [7, 11) is 1.28. The van der Waals surface area contributed by atoms with E-state index < -0.39 is 15.5 Å². The molecule has 0 bridgehead atoms. The second kappa shape index (κ2) is 6.83. The third-order valence-corrected chi connectivity index (χ3v) is 3.27. The number of ether oxygens (including phenoxy) is 1. The first kappa shape index (κ1) is 17.3. The Labute approximate surface area is 132 Å². The summed E-state index contributed by atoms with van der Waals surface area (Å²) in [5.41, 5.74) is 0.444. The van der Waals surface area contributed by atoms with Crippen molar-refractivity contribution in [2.24, 2.45) is 5.92 Å². The molecule has 1 aromatic rings. The average molecular weight is 341 g/mol. The van der Waals surface area contributed by atoms with Crippen LogP contribution in [0.5, 0.6) is 0 Å². The second-order valence-corrected chi connectivity index (χ2v) is 7.09. The van der Waals surface area contributed by atoms with Gasteiger partial charge in [0.15, 0.2) is 0 Å². The Morgan fingerprint density at radius 3 is 2.40 bits per heavy atom. The van der Waals surface area contributed by atoms with Gasteiger partial charge in [-0.25, -0.2) is 4.79 Å². The standard InChI is InChI=1S/C13H16Cl3NO3/c1-8(2)4-5-17-7-9(11(18)13(14,15)16)6-10(17)12(19)20-3/h6-8H,4-5H2,1-3H3. The monoisotopic (exact) mass is 339 g/mol. The Morgan fingerprint density at radius 2 is 1.95 bits per heavy atom. The lowest BCUT2D eigenvalue weighted by Gasteiger charge is -2.09. The number of alkyl halides is 3. The maximum atomic E-state index is 11.9. The van der Waals surface area contributed by atoms with Crippen LogP contribution in [0.4, 0.5) is 0 Å². The Hall–Kier alpha value is -0.710. The van der Waals surface area contributed by atoms with Crippen LogP contribution >= 0.6 is 34.8 Å². The SMILES string of the molecule is COC(=O)c1cc(C(=O)C(Cl)(Cl)Cl)cn1CCC(C)C. The van der Waals surface area contributed by atoms with Crippen molar-refractivity contribution in [2.75, 3.05) is 7.11 Å². The third kappa shape index (κ3) is 4.40. The van der Waals surface area contributed by atoms with E-state index in [1.54, 1.807) is 4.57 Å².